The first kappa shape index (κ1) is 12.4. The average molecular weight is 259 g/mol. The third-order valence-electron chi connectivity index (χ3n) is 2.23. The Morgan fingerprint density at radius 1 is 1.28 bits per heavy atom. The van der Waals surface area contributed by atoms with E-state index in [1.165, 1.54) is 11.3 Å². The zero-order chi connectivity index (χ0) is 12.8. The molecule has 5 heteroatoms. The monoisotopic (exact) mass is 259 g/mol. The molecule has 2 rings (SSSR count). The average Bonchev–Trinajstić information content (AvgIpc) is 2.85. The number of nitrogens with one attached hydrogen (secondary N) is 1. The molecule has 1 heterocycles. The highest BCUT2D eigenvalue weighted by Gasteiger charge is 2.04. The van der Waals surface area contributed by atoms with Crippen LogP contribution in [0.4, 0.5) is 5.13 Å². The second-order valence-corrected chi connectivity index (χ2v) is 4.60. The number of rotatable bonds is 4. The number of aromatic nitrogens is 2. The van der Waals surface area contributed by atoms with Gasteiger partial charge in [0.1, 0.15) is 5.01 Å². The van der Waals surface area contributed by atoms with E-state index < -0.39 is 0 Å². The highest BCUT2D eigenvalue weighted by atomic mass is 32.1. The minimum absolute atomic E-state index is 0.0512. The number of benzene rings is 1. The fraction of sp³-hybridized carbons (Fsp3) is 0.154. The number of nitrogens with zero attached hydrogens (tertiary/aromatic N) is 2. The van der Waals surface area contributed by atoms with Gasteiger partial charge in [-0.05, 0) is 11.6 Å². The molecule has 0 saturated heterocycles. The van der Waals surface area contributed by atoms with E-state index >= 15 is 0 Å². The maximum Gasteiger partial charge on any atom is 0.225 e. The van der Waals surface area contributed by atoms with Gasteiger partial charge in [-0.3, -0.25) is 4.79 Å². The van der Waals surface area contributed by atoms with Crippen LogP contribution < -0.4 is 5.32 Å². The van der Waals surface area contributed by atoms with Gasteiger partial charge in [0, 0.05) is 6.42 Å². The Labute approximate surface area is 109 Å². The summed E-state index contributed by atoms with van der Waals surface area (Å²) >= 11 is 1.35. The molecule has 0 unspecified atom stereocenters. The summed E-state index contributed by atoms with van der Waals surface area (Å²) in [6, 6.07) is 9.95. The van der Waals surface area contributed by atoms with Gasteiger partial charge in [0.25, 0.3) is 0 Å². The maximum absolute atomic E-state index is 11.2. The number of carbonyl (C=O) groups is 1. The first-order chi connectivity index (χ1) is 8.78. The molecular formula is C13H13N3OS. The van der Waals surface area contributed by atoms with Gasteiger partial charge in [0.05, 0.1) is 0 Å². The lowest BCUT2D eigenvalue weighted by atomic mass is 10.2. The molecule has 2 aromatic rings. The van der Waals surface area contributed by atoms with E-state index in [9.17, 15) is 4.79 Å². The Morgan fingerprint density at radius 3 is 2.78 bits per heavy atom. The Bertz CT molecular complexity index is 548. The molecule has 18 heavy (non-hydrogen) atoms. The summed E-state index contributed by atoms with van der Waals surface area (Å²) in [5.74, 6) is -0.0512. The van der Waals surface area contributed by atoms with Crippen molar-refractivity contribution in [1.82, 2.24) is 10.2 Å². The SMILES string of the molecule is CCC(=O)Nc1nnc(/C=C/c2ccccc2)s1. The Morgan fingerprint density at radius 2 is 2.06 bits per heavy atom. The highest BCUT2D eigenvalue weighted by molar-refractivity contribution is 7.16. The van der Waals surface area contributed by atoms with Crippen LogP contribution >= 0.6 is 11.3 Å². The van der Waals surface area contributed by atoms with Crippen molar-refractivity contribution < 1.29 is 4.79 Å². The standard InChI is InChI=1S/C13H13N3OS/c1-2-11(17)14-13-16-15-12(18-13)9-8-10-6-4-3-5-7-10/h3-9H,2H2,1H3,(H,14,16,17)/b9-8+. The molecule has 0 aliphatic heterocycles. The molecule has 1 N–H and O–H groups in total. The Kier molecular flexibility index (Phi) is 4.20. The van der Waals surface area contributed by atoms with Crippen molar-refractivity contribution in [3.63, 3.8) is 0 Å². The summed E-state index contributed by atoms with van der Waals surface area (Å²) in [5.41, 5.74) is 1.10. The molecule has 1 aromatic carbocycles. The van der Waals surface area contributed by atoms with Crippen LogP contribution in [0.5, 0.6) is 0 Å². The molecule has 1 aromatic heterocycles. The molecule has 0 atom stereocenters. The van der Waals surface area contributed by atoms with E-state index in [1.807, 2.05) is 42.5 Å². The molecule has 0 aliphatic carbocycles. The normalized spacial score (nSPS) is 10.7. The number of anilines is 1. The van der Waals surface area contributed by atoms with Gasteiger partial charge in [0.15, 0.2) is 0 Å². The minimum Gasteiger partial charge on any atom is -0.301 e. The molecule has 0 saturated carbocycles. The fourth-order valence-corrected chi connectivity index (χ4v) is 1.95. The van der Waals surface area contributed by atoms with Crippen molar-refractivity contribution in [2.45, 2.75) is 13.3 Å². The Balaban J connectivity index is 2.03. The van der Waals surface area contributed by atoms with Crippen molar-refractivity contribution in [3.8, 4) is 0 Å². The van der Waals surface area contributed by atoms with Gasteiger partial charge in [-0.1, -0.05) is 54.7 Å². The van der Waals surface area contributed by atoms with Crippen LogP contribution in [0, 0.1) is 0 Å². The highest BCUT2D eigenvalue weighted by Crippen LogP contribution is 2.17. The van der Waals surface area contributed by atoms with Crippen molar-refractivity contribution in [2.24, 2.45) is 0 Å². The van der Waals surface area contributed by atoms with Gasteiger partial charge in [-0.2, -0.15) is 0 Å². The number of carbonyl (C=O) groups excluding carboxylic acids is 1. The fourth-order valence-electron chi connectivity index (χ4n) is 1.29. The molecule has 4 nitrogen and oxygen atoms in total. The molecule has 0 aliphatic rings. The number of hydrogen-bond donors (Lipinski definition) is 1. The van der Waals surface area contributed by atoms with E-state index in [4.69, 9.17) is 0 Å². The predicted octanol–water partition coefficient (Wildman–Crippen LogP) is 3.06. The summed E-state index contributed by atoms with van der Waals surface area (Å²) in [4.78, 5) is 11.2. The lowest BCUT2D eigenvalue weighted by Crippen LogP contribution is -2.08. The van der Waals surface area contributed by atoms with Crippen molar-refractivity contribution in [1.29, 1.82) is 0 Å². The summed E-state index contributed by atoms with van der Waals surface area (Å²) in [6.07, 6.45) is 4.29. The van der Waals surface area contributed by atoms with Gasteiger partial charge >= 0.3 is 0 Å². The van der Waals surface area contributed by atoms with Crippen LogP contribution in [0.15, 0.2) is 30.3 Å². The van der Waals surface area contributed by atoms with Gasteiger partial charge in [-0.15, -0.1) is 10.2 Å². The topological polar surface area (TPSA) is 54.9 Å². The van der Waals surface area contributed by atoms with Crippen LogP contribution in [0.3, 0.4) is 0 Å². The molecule has 0 bridgehead atoms. The zero-order valence-electron chi connectivity index (χ0n) is 9.96. The van der Waals surface area contributed by atoms with Crippen molar-refractivity contribution in [2.75, 3.05) is 5.32 Å². The maximum atomic E-state index is 11.2. The van der Waals surface area contributed by atoms with E-state index in [1.54, 1.807) is 6.92 Å². The molecule has 0 spiro atoms. The van der Waals surface area contributed by atoms with Crippen LogP contribution in [0.2, 0.25) is 0 Å². The first-order valence-corrected chi connectivity index (χ1v) is 6.46. The zero-order valence-corrected chi connectivity index (χ0v) is 10.8. The molecule has 0 radical (unpaired) electrons. The summed E-state index contributed by atoms with van der Waals surface area (Å²) in [5, 5.41) is 11.9. The van der Waals surface area contributed by atoms with Crippen LogP contribution in [-0.4, -0.2) is 16.1 Å². The largest absolute Gasteiger partial charge is 0.301 e. The predicted molar refractivity (Wildman–Crippen MR) is 74.2 cm³/mol. The minimum atomic E-state index is -0.0512. The lowest BCUT2D eigenvalue weighted by Gasteiger charge is -1.94. The summed E-state index contributed by atoms with van der Waals surface area (Å²) in [6.45, 7) is 1.80. The summed E-state index contributed by atoms with van der Waals surface area (Å²) in [7, 11) is 0. The van der Waals surface area contributed by atoms with Crippen molar-refractivity contribution >= 4 is 34.5 Å². The molecule has 0 fully saturated rings. The lowest BCUT2D eigenvalue weighted by molar-refractivity contribution is -0.115. The third kappa shape index (κ3) is 3.49. The smallest absolute Gasteiger partial charge is 0.225 e. The molecule has 92 valence electrons. The first-order valence-electron chi connectivity index (χ1n) is 5.64. The van der Waals surface area contributed by atoms with Gasteiger partial charge in [-0.25, -0.2) is 0 Å². The van der Waals surface area contributed by atoms with Crippen LogP contribution in [0.25, 0.3) is 12.2 Å². The van der Waals surface area contributed by atoms with Crippen LogP contribution in [-0.2, 0) is 4.79 Å². The third-order valence-corrected chi connectivity index (χ3v) is 3.03. The van der Waals surface area contributed by atoms with E-state index in [0.29, 0.717) is 11.6 Å². The van der Waals surface area contributed by atoms with Crippen molar-refractivity contribution in [3.05, 3.63) is 40.9 Å². The Hall–Kier alpha value is -2.01. The summed E-state index contributed by atoms with van der Waals surface area (Å²) < 4.78 is 0. The van der Waals surface area contributed by atoms with E-state index in [-0.39, 0.29) is 5.91 Å². The van der Waals surface area contributed by atoms with E-state index in [0.717, 1.165) is 10.6 Å². The number of amides is 1. The number of hydrogen-bond acceptors (Lipinski definition) is 4. The van der Waals surface area contributed by atoms with Gasteiger partial charge < -0.3 is 5.32 Å². The second-order valence-electron chi connectivity index (χ2n) is 3.59. The van der Waals surface area contributed by atoms with Gasteiger partial charge in [0.2, 0.25) is 11.0 Å². The van der Waals surface area contributed by atoms with E-state index in [2.05, 4.69) is 15.5 Å². The second kappa shape index (κ2) is 6.07. The quantitative estimate of drug-likeness (QED) is 0.918. The molecular weight excluding hydrogens is 246 g/mol. The molecule has 1 amide bonds. The van der Waals surface area contributed by atoms with Crippen LogP contribution in [0.1, 0.15) is 23.9 Å².